The number of para-hydroxylation sites is 1. The first kappa shape index (κ1) is 17.7. The predicted molar refractivity (Wildman–Crippen MR) is 98.8 cm³/mol. The number of benzene rings is 1. The molecule has 0 aliphatic carbocycles. The number of esters is 1. The van der Waals surface area contributed by atoms with Crippen molar-refractivity contribution >= 4 is 28.7 Å². The van der Waals surface area contributed by atoms with E-state index in [-0.39, 0.29) is 17.7 Å². The van der Waals surface area contributed by atoms with E-state index in [1.165, 1.54) is 6.08 Å². The Hall–Kier alpha value is -3.07. The molecular formula is C20H20N2O4. The number of piperidine rings is 1. The van der Waals surface area contributed by atoms with Crippen molar-refractivity contribution in [3.63, 3.8) is 0 Å². The molecule has 2 aromatic rings. The maximum Gasteiger partial charge on any atom is 0.348 e. The largest absolute Gasteiger partial charge is 0.462 e. The summed E-state index contributed by atoms with van der Waals surface area (Å²) < 4.78 is 10.3. The van der Waals surface area contributed by atoms with Gasteiger partial charge in [0.2, 0.25) is 0 Å². The molecule has 1 aromatic carbocycles. The third kappa shape index (κ3) is 3.47. The molecule has 3 rings (SSSR count). The summed E-state index contributed by atoms with van der Waals surface area (Å²) in [5.74, 6) is -0.743. The molecule has 0 spiro atoms. The van der Waals surface area contributed by atoms with E-state index in [1.54, 1.807) is 19.1 Å². The fourth-order valence-corrected chi connectivity index (χ4v) is 3.22. The monoisotopic (exact) mass is 352 g/mol. The Morgan fingerprint density at radius 3 is 2.73 bits per heavy atom. The van der Waals surface area contributed by atoms with Crippen LogP contribution in [-0.4, -0.2) is 25.7 Å². The zero-order valence-corrected chi connectivity index (χ0v) is 14.7. The molecule has 6 nitrogen and oxygen atoms in total. The molecule has 0 atom stereocenters. The first-order valence-electron chi connectivity index (χ1n) is 8.75. The number of nitriles is 1. The van der Waals surface area contributed by atoms with Crippen LogP contribution in [-0.2, 0) is 9.53 Å². The molecule has 1 fully saturated rings. The summed E-state index contributed by atoms with van der Waals surface area (Å²) in [7, 11) is 0. The Morgan fingerprint density at radius 1 is 1.31 bits per heavy atom. The van der Waals surface area contributed by atoms with E-state index < -0.39 is 11.6 Å². The second-order valence-electron chi connectivity index (χ2n) is 6.09. The van der Waals surface area contributed by atoms with Gasteiger partial charge in [-0.2, -0.15) is 5.26 Å². The molecule has 134 valence electrons. The summed E-state index contributed by atoms with van der Waals surface area (Å²) in [6.07, 6.45) is 4.49. The van der Waals surface area contributed by atoms with Gasteiger partial charge in [-0.25, -0.2) is 9.59 Å². The standard InChI is InChI=1S/C20H20N2O4/c1-2-25-19(23)14(13-21)12-16-18(22-10-6-3-7-11-22)15-8-4-5-9-17(15)26-20(16)24/h4-5,8-9,12H,2-3,6-7,10-11H2,1H3/b14-12-. The van der Waals surface area contributed by atoms with Crippen LogP contribution >= 0.6 is 0 Å². The van der Waals surface area contributed by atoms with Gasteiger partial charge >= 0.3 is 11.6 Å². The summed E-state index contributed by atoms with van der Waals surface area (Å²) in [6, 6.07) is 9.14. The first-order chi connectivity index (χ1) is 12.7. The molecule has 1 aliphatic rings. The van der Waals surface area contributed by atoms with Crippen molar-refractivity contribution in [2.24, 2.45) is 0 Å². The van der Waals surface area contributed by atoms with Crippen LogP contribution in [0.5, 0.6) is 0 Å². The Balaban J connectivity index is 2.23. The summed E-state index contributed by atoms with van der Waals surface area (Å²) in [5, 5.41) is 10.1. The van der Waals surface area contributed by atoms with Crippen molar-refractivity contribution in [2.75, 3.05) is 24.6 Å². The smallest absolute Gasteiger partial charge is 0.348 e. The molecule has 0 N–H and O–H groups in total. The van der Waals surface area contributed by atoms with Gasteiger partial charge in [-0.05, 0) is 44.4 Å². The quantitative estimate of drug-likeness (QED) is 0.363. The lowest BCUT2D eigenvalue weighted by Gasteiger charge is -2.30. The molecule has 0 unspecified atom stereocenters. The van der Waals surface area contributed by atoms with Crippen LogP contribution in [0, 0.1) is 11.3 Å². The average molecular weight is 352 g/mol. The van der Waals surface area contributed by atoms with Crippen LogP contribution in [0.4, 0.5) is 5.69 Å². The Kier molecular flexibility index (Phi) is 5.37. The van der Waals surface area contributed by atoms with Crippen molar-refractivity contribution in [2.45, 2.75) is 26.2 Å². The van der Waals surface area contributed by atoms with Crippen LogP contribution < -0.4 is 10.5 Å². The van der Waals surface area contributed by atoms with Crippen molar-refractivity contribution in [3.05, 3.63) is 45.8 Å². The number of anilines is 1. The number of hydrogen-bond donors (Lipinski definition) is 0. The van der Waals surface area contributed by atoms with Gasteiger partial charge in [-0.15, -0.1) is 0 Å². The molecule has 0 radical (unpaired) electrons. The second-order valence-corrected chi connectivity index (χ2v) is 6.09. The number of fused-ring (bicyclic) bond motifs is 1. The van der Waals surface area contributed by atoms with Crippen LogP contribution in [0.25, 0.3) is 17.0 Å². The Labute approximate surface area is 151 Å². The summed E-state index contributed by atoms with van der Waals surface area (Å²) in [5.41, 5.74) is 0.641. The van der Waals surface area contributed by atoms with E-state index in [2.05, 4.69) is 4.90 Å². The Morgan fingerprint density at radius 2 is 2.04 bits per heavy atom. The van der Waals surface area contributed by atoms with E-state index in [1.807, 2.05) is 18.2 Å². The van der Waals surface area contributed by atoms with Gasteiger partial charge in [0, 0.05) is 18.5 Å². The lowest BCUT2D eigenvalue weighted by atomic mass is 10.0. The second kappa shape index (κ2) is 7.87. The van der Waals surface area contributed by atoms with Crippen LogP contribution in [0.2, 0.25) is 0 Å². The minimum atomic E-state index is -0.743. The molecule has 0 bridgehead atoms. The Bertz CT molecular complexity index is 946. The molecule has 1 aliphatic heterocycles. The average Bonchev–Trinajstić information content (AvgIpc) is 2.66. The number of rotatable bonds is 4. The van der Waals surface area contributed by atoms with E-state index in [0.717, 1.165) is 37.7 Å². The highest BCUT2D eigenvalue weighted by atomic mass is 16.5. The van der Waals surface area contributed by atoms with Gasteiger partial charge in [-0.3, -0.25) is 0 Å². The molecule has 1 aromatic heterocycles. The highest BCUT2D eigenvalue weighted by molar-refractivity contribution is 6.01. The van der Waals surface area contributed by atoms with Crippen molar-refractivity contribution < 1.29 is 13.9 Å². The van der Waals surface area contributed by atoms with Crippen molar-refractivity contribution in [3.8, 4) is 6.07 Å². The lowest BCUT2D eigenvalue weighted by Crippen LogP contribution is -2.31. The summed E-state index contributed by atoms with van der Waals surface area (Å²) in [6.45, 7) is 3.45. The number of carbonyl (C=O) groups is 1. The zero-order valence-electron chi connectivity index (χ0n) is 14.7. The number of nitrogens with zero attached hydrogens (tertiary/aromatic N) is 2. The molecule has 26 heavy (non-hydrogen) atoms. The van der Waals surface area contributed by atoms with Crippen molar-refractivity contribution in [1.82, 2.24) is 0 Å². The fourth-order valence-electron chi connectivity index (χ4n) is 3.22. The third-order valence-electron chi connectivity index (χ3n) is 4.40. The van der Waals surface area contributed by atoms with Gasteiger partial charge in [-0.1, -0.05) is 12.1 Å². The maximum atomic E-state index is 12.6. The molecule has 6 heteroatoms. The molecular weight excluding hydrogens is 332 g/mol. The topological polar surface area (TPSA) is 83.5 Å². The van der Waals surface area contributed by atoms with Crippen LogP contribution in [0.3, 0.4) is 0 Å². The maximum absolute atomic E-state index is 12.6. The number of hydrogen-bond acceptors (Lipinski definition) is 6. The van der Waals surface area contributed by atoms with Crippen molar-refractivity contribution in [1.29, 1.82) is 5.26 Å². The van der Waals surface area contributed by atoms with E-state index >= 15 is 0 Å². The fraction of sp³-hybridized carbons (Fsp3) is 0.350. The predicted octanol–water partition coefficient (Wildman–Crippen LogP) is 3.25. The summed E-state index contributed by atoms with van der Waals surface area (Å²) in [4.78, 5) is 26.7. The first-order valence-corrected chi connectivity index (χ1v) is 8.75. The van der Waals surface area contributed by atoms with Crippen LogP contribution in [0.1, 0.15) is 31.7 Å². The van der Waals surface area contributed by atoms with Gasteiger partial charge in [0.1, 0.15) is 17.2 Å². The highest BCUT2D eigenvalue weighted by Gasteiger charge is 2.22. The van der Waals surface area contributed by atoms with Gasteiger partial charge in [0.25, 0.3) is 0 Å². The molecule has 0 saturated carbocycles. The normalized spacial score (nSPS) is 14.9. The lowest BCUT2D eigenvalue weighted by molar-refractivity contribution is -0.137. The summed E-state index contributed by atoms with van der Waals surface area (Å²) >= 11 is 0. The molecule has 0 amide bonds. The minimum Gasteiger partial charge on any atom is -0.462 e. The minimum absolute atomic E-state index is 0.156. The van der Waals surface area contributed by atoms with E-state index in [4.69, 9.17) is 9.15 Å². The molecule has 1 saturated heterocycles. The molecule has 2 heterocycles. The number of carbonyl (C=O) groups excluding carboxylic acids is 1. The third-order valence-corrected chi connectivity index (χ3v) is 4.40. The van der Waals surface area contributed by atoms with Crippen LogP contribution in [0.15, 0.2) is 39.1 Å². The van der Waals surface area contributed by atoms with E-state index in [9.17, 15) is 14.9 Å². The van der Waals surface area contributed by atoms with E-state index in [0.29, 0.717) is 11.3 Å². The highest BCUT2D eigenvalue weighted by Crippen LogP contribution is 2.32. The van der Waals surface area contributed by atoms with Gasteiger partial charge in [0.05, 0.1) is 17.9 Å². The van der Waals surface area contributed by atoms with Gasteiger partial charge < -0.3 is 14.1 Å². The SMILES string of the molecule is CCOC(=O)/C(C#N)=C\c1c(N2CCCCC2)c2ccccc2oc1=O. The van der Waals surface area contributed by atoms with Gasteiger partial charge in [0.15, 0.2) is 0 Å². The number of ether oxygens (including phenoxy) is 1. The zero-order chi connectivity index (χ0) is 18.5.